The summed E-state index contributed by atoms with van der Waals surface area (Å²) in [4.78, 5) is 21.4. The average molecular weight is 228 g/mol. The Bertz CT molecular complexity index is 295. The van der Waals surface area contributed by atoms with Gasteiger partial charge in [0.05, 0.1) is 5.56 Å². The largest absolute Gasteiger partial charge is 2.00 e. The fourth-order valence-corrected chi connectivity index (χ4v) is 0.764. The number of rotatable bonds is 1. The molecule has 0 unspecified atom stereocenters. The molecule has 0 atom stereocenters. The number of carbonyl (C=O) groups is 2. The van der Waals surface area contributed by atoms with Crippen molar-refractivity contribution in [1.29, 1.82) is 0 Å². The molecule has 1 aromatic rings. The first-order valence-electron chi connectivity index (χ1n) is 3.48. The van der Waals surface area contributed by atoms with E-state index in [9.17, 15) is 9.59 Å². The smallest absolute Gasteiger partial charge is 0.390 e. The van der Waals surface area contributed by atoms with Gasteiger partial charge < -0.3 is 4.74 Å². The van der Waals surface area contributed by atoms with Gasteiger partial charge in [-0.3, -0.25) is 4.79 Å². The van der Waals surface area contributed by atoms with Gasteiger partial charge in [0.2, 0.25) is 0 Å². The van der Waals surface area contributed by atoms with Crippen molar-refractivity contribution in [2.24, 2.45) is 0 Å². The van der Waals surface area contributed by atoms with Gasteiger partial charge in [0, 0.05) is 6.92 Å². The van der Waals surface area contributed by atoms with Crippen LogP contribution in [0.25, 0.3) is 0 Å². The molecule has 4 heteroatoms. The second-order valence-corrected chi connectivity index (χ2v) is 2.25. The summed E-state index contributed by atoms with van der Waals surface area (Å²) in [5, 5.41) is 0. The van der Waals surface area contributed by atoms with E-state index < -0.39 is 11.9 Å². The van der Waals surface area contributed by atoms with Crippen LogP contribution in [-0.2, 0) is 26.6 Å². The molecule has 0 heterocycles. The first-order chi connectivity index (χ1) is 5.70. The van der Waals surface area contributed by atoms with E-state index in [0.717, 1.165) is 0 Å². The maximum absolute atomic E-state index is 11.0. The van der Waals surface area contributed by atoms with Crippen LogP contribution >= 0.6 is 0 Å². The Balaban J connectivity index is 0.00000144. The van der Waals surface area contributed by atoms with Crippen LogP contribution in [0.15, 0.2) is 30.3 Å². The second kappa shape index (κ2) is 5.51. The summed E-state index contributed by atoms with van der Waals surface area (Å²) in [5.41, 5.74) is 0.382. The van der Waals surface area contributed by atoms with Gasteiger partial charge in [0.25, 0.3) is 0 Å². The van der Waals surface area contributed by atoms with Gasteiger partial charge >= 0.3 is 29.0 Å². The summed E-state index contributed by atoms with van der Waals surface area (Å²) in [6, 6.07) is 8.37. The molecule has 0 amide bonds. The quantitative estimate of drug-likeness (QED) is 0.414. The predicted octanol–water partition coefficient (Wildman–Crippen LogP) is 1.39. The molecule has 13 heavy (non-hydrogen) atoms. The van der Waals surface area contributed by atoms with Crippen molar-refractivity contribution in [1.82, 2.24) is 0 Å². The summed E-state index contributed by atoms with van der Waals surface area (Å²) in [6.07, 6.45) is 0. The van der Waals surface area contributed by atoms with E-state index >= 15 is 0 Å². The van der Waals surface area contributed by atoms with Crippen molar-refractivity contribution in [3.8, 4) is 0 Å². The van der Waals surface area contributed by atoms with Crippen LogP contribution < -0.4 is 0 Å². The predicted molar refractivity (Wildman–Crippen MR) is 42.5 cm³/mol. The van der Waals surface area contributed by atoms with E-state index in [1.807, 2.05) is 0 Å². The molecule has 0 N–H and O–H groups in total. The summed E-state index contributed by atoms with van der Waals surface area (Å²) < 4.78 is 4.36. The zero-order valence-corrected chi connectivity index (χ0v) is 7.85. The molecule has 0 saturated carbocycles. The average Bonchev–Trinajstić information content (AvgIpc) is 2.05. The van der Waals surface area contributed by atoms with Gasteiger partial charge in [-0.2, -0.15) is 0 Å². The standard InChI is InChI=1S/C9H8O3.Cu/c1-7(10)12-9(11)8-5-3-2-4-6-8;/h2-6H,1H3;/q;+2. The van der Waals surface area contributed by atoms with Crippen LogP contribution in [0.3, 0.4) is 0 Å². The fourth-order valence-electron chi connectivity index (χ4n) is 0.764. The van der Waals surface area contributed by atoms with Crippen LogP contribution in [-0.4, -0.2) is 11.9 Å². The van der Waals surface area contributed by atoms with Crippen molar-refractivity contribution in [3.05, 3.63) is 35.9 Å². The Morgan fingerprint density at radius 1 is 1.15 bits per heavy atom. The van der Waals surface area contributed by atoms with E-state index in [4.69, 9.17) is 0 Å². The van der Waals surface area contributed by atoms with Crippen LogP contribution in [0, 0.1) is 0 Å². The second-order valence-electron chi connectivity index (χ2n) is 2.25. The number of ether oxygens (including phenoxy) is 1. The topological polar surface area (TPSA) is 43.4 Å². The molecule has 0 spiro atoms. The molecule has 3 nitrogen and oxygen atoms in total. The van der Waals surface area contributed by atoms with E-state index in [1.54, 1.807) is 30.3 Å². The molecule has 0 aromatic heterocycles. The van der Waals surface area contributed by atoms with Gasteiger partial charge in [-0.15, -0.1) is 0 Å². The van der Waals surface area contributed by atoms with Gasteiger partial charge in [0.15, 0.2) is 0 Å². The third kappa shape index (κ3) is 3.87. The van der Waals surface area contributed by atoms with Crippen LogP contribution in [0.1, 0.15) is 17.3 Å². The third-order valence-corrected chi connectivity index (χ3v) is 1.25. The Labute approximate surface area is 86.6 Å². The molecular formula is C9H8CuO3+2. The monoisotopic (exact) mass is 227 g/mol. The Hall–Kier alpha value is -1.12. The van der Waals surface area contributed by atoms with Crippen LogP contribution in [0.2, 0.25) is 0 Å². The molecule has 0 bridgehead atoms. The Morgan fingerprint density at radius 3 is 2.15 bits per heavy atom. The van der Waals surface area contributed by atoms with E-state index in [1.165, 1.54) is 6.92 Å². The van der Waals surface area contributed by atoms with Gasteiger partial charge in [0.1, 0.15) is 0 Å². The van der Waals surface area contributed by atoms with E-state index in [2.05, 4.69) is 4.74 Å². The molecule has 0 saturated heterocycles. The minimum absolute atomic E-state index is 0. The Kier molecular flexibility index (Phi) is 5.04. The SMILES string of the molecule is CC(=O)OC(=O)c1ccccc1.[Cu+2]. The zero-order chi connectivity index (χ0) is 8.97. The van der Waals surface area contributed by atoms with Crippen molar-refractivity contribution in [2.75, 3.05) is 0 Å². The molecule has 0 aliphatic heterocycles. The maximum atomic E-state index is 11.0. The fraction of sp³-hybridized carbons (Fsp3) is 0.111. The summed E-state index contributed by atoms with van der Waals surface area (Å²) >= 11 is 0. The summed E-state index contributed by atoms with van der Waals surface area (Å²) in [6.45, 7) is 1.20. The number of esters is 2. The molecule has 71 valence electrons. The molecule has 1 rings (SSSR count). The van der Waals surface area contributed by atoms with E-state index in [0.29, 0.717) is 5.56 Å². The first kappa shape index (κ1) is 11.9. The molecule has 0 aliphatic rings. The Morgan fingerprint density at radius 2 is 1.69 bits per heavy atom. The molecule has 0 fully saturated rings. The van der Waals surface area contributed by atoms with Crippen molar-refractivity contribution >= 4 is 11.9 Å². The first-order valence-corrected chi connectivity index (χ1v) is 3.48. The summed E-state index contributed by atoms with van der Waals surface area (Å²) in [5.74, 6) is -1.20. The van der Waals surface area contributed by atoms with Gasteiger partial charge in [-0.1, -0.05) is 18.2 Å². The number of benzene rings is 1. The van der Waals surface area contributed by atoms with Crippen LogP contribution in [0.4, 0.5) is 0 Å². The van der Waals surface area contributed by atoms with Crippen molar-refractivity contribution in [3.63, 3.8) is 0 Å². The molecule has 1 radical (unpaired) electrons. The molecule has 1 aromatic carbocycles. The van der Waals surface area contributed by atoms with Crippen LogP contribution in [0.5, 0.6) is 0 Å². The minimum atomic E-state index is -0.608. The van der Waals surface area contributed by atoms with Crippen molar-refractivity contribution < 1.29 is 31.4 Å². The maximum Gasteiger partial charge on any atom is 2.00 e. The molecule has 0 aliphatic carbocycles. The third-order valence-electron chi connectivity index (χ3n) is 1.25. The minimum Gasteiger partial charge on any atom is -0.390 e. The summed E-state index contributed by atoms with van der Waals surface area (Å²) in [7, 11) is 0. The number of hydrogen-bond donors (Lipinski definition) is 0. The van der Waals surface area contributed by atoms with Crippen molar-refractivity contribution in [2.45, 2.75) is 6.92 Å². The number of hydrogen-bond acceptors (Lipinski definition) is 3. The van der Waals surface area contributed by atoms with E-state index in [-0.39, 0.29) is 17.1 Å². The zero-order valence-electron chi connectivity index (χ0n) is 6.91. The number of carbonyl (C=O) groups excluding carboxylic acids is 2. The molecular weight excluding hydrogens is 220 g/mol. The van der Waals surface area contributed by atoms with Gasteiger partial charge in [-0.25, -0.2) is 4.79 Å². The van der Waals surface area contributed by atoms with Gasteiger partial charge in [-0.05, 0) is 12.1 Å². The normalized spacial score (nSPS) is 8.38.